The van der Waals surface area contributed by atoms with Crippen LogP contribution in [-0.4, -0.2) is 77.3 Å². The van der Waals surface area contributed by atoms with Gasteiger partial charge in [0, 0.05) is 19.6 Å². The summed E-state index contributed by atoms with van der Waals surface area (Å²) in [5.41, 5.74) is 4.57. The van der Waals surface area contributed by atoms with Crippen LogP contribution in [0.5, 0.6) is 0 Å². The molecule has 7 heteroatoms. The van der Waals surface area contributed by atoms with Crippen molar-refractivity contribution in [3.05, 3.63) is 0 Å². The molecule has 0 aliphatic rings. The number of carboxylic acid groups (broad SMARTS) is 1. The lowest BCUT2D eigenvalue weighted by atomic mass is 10.4. The topological polar surface area (TPSA) is 127 Å². The standard InChI is InChI=1S/C6H15NO3.C2H5NO2/c8-4-1-7(2-5-9)3-6-10;3-1-2(4)5/h8-10H,1-6H2;1,3H2,(H,4,5). The van der Waals surface area contributed by atoms with E-state index in [-0.39, 0.29) is 26.4 Å². The minimum atomic E-state index is -0.968. The number of rotatable bonds is 7. The molecule has 0 amide bonds. The maximum Gasteiger partial charge on any atom is 0.317 e. The summed E-state index contributed by atoms with van der Waals surface area (Å²) in [4.78, 5) is 11.0. The summed E-state index contributed by atoms with van der Waals surface area (Å²) in [5, 5.41) is 33.1. The Morgan fingerprint density at radius 3 is 1.40 bits per heavy atom. The van der Waals surface area contributed by atoms with Crippen LogP contribution in [0.2, 0.25) is 0 Å². The van der Waals surface area contributed by atoms with Crippen molar-refractivity contribution in [2.75, 3.05) is 46.0 Å². The Hall–Kier alpha value is -0.730. The molecular weight excluding hydrogens is 204 g/mol. The lowest BCUT2D eigenvalue weighted by Gasteiger charge is -2.17. The molecule has 0 radical (unpaired) electrons. The highest BCUT2D eigenvalue weighted by molar-refractivity contribution is 5.68. The van der Waals surface area contributed by atoms with E-state index in [4.69, 9.17) is 20.4 Å². The van der Waals surface area contributed by atoms with Crippen molar-refractivity contribution in [3.63, 3.8) is 0 Å². The van der Waals surface area contributed by atoms with Gasteiger partial charge in [-0.05, 0) is 0 Å². The van der Waals surface area contributed by atoms with Gasteiger partial charge in [-0.1, -0.05) is 0 Å². The third kappa shape index (κ3) is 16.0. The molecule has 0 bridgehead atoms. The summed E-state index contributed by atoms with van der Waals surface area (Å²) in [6, 6.07) is 0. The lowest BCUT2D eigenvalue weighted by molar-refractivity contribution is -0.135. The third-order valence-electron chi connectivity index (χ3n) is 1.42. The van der Waals surface area contributed by atoms with E-state index in [2.05, 4.69) is 5.73 Å². The highest BCUT2D eigenvalue weighted by Crippen LogP contribution is 1.84. The molecular formula is C8H20N2O5. The molecule has 0 aromatic heterocycles. The number of carbonyl (C=O) groups is 1. The first-order chi connectivity index (χ1) is 7.12. The second-order valence-electron chi connectivity index (χ2n) is 2.61. The lowest BCUT2D eigenvalue weighted by Crippen LogP contribution is -2.32. The number of aliphatic hydroxyl groups excluding tert-OH is 3. The summed E-state index contributed by atoms with van der Waals surface area (Å²) >= 11 is 0. The maximum absolute atomic E-state index is 9.24. The smallest absolute Gasteiger partial charge is 0.317 e. The number of nitrogens with two attached hydrogens (primary N) is 1. The average Bonchev–Trinajstić information content (AvgIpc) is 2.20. The quantitative estimate of drug-likeness (QED) is 0.318. The second kappa shape index (κ2) is 13.3. The molecule has 7 nitrogen and oxygen atoms in total. The van der Waals surface area contributed by atoms with Crippen molar-refractivity contribution in [1.82, 2.24) is 4.90 Å². The molecule has 0 aromatic rings. The van der Waals surface area contributed by atoms with Crippen LogP contribution in [-0.2, 0) is 4.79 Å². The van der Waals surface area contributed by atoms with Crippen LogP contribution in [0, 0.1) is 0 Å². The van der Waals surface area contributed by atoms with Crippen molar-refractivity contribution in [1.29, 1.82) is 0 Å². The molecule has 0 fully saturated rings. The molecule has 0 unspecified atom stereocenters. The Kier molecular flexibility index (Phi) is 14.8. The van der Waals surface area contributed by atoms with E-state index in [1.807, 2.05) is 0 Å². The van der Waals surface area contributed by atoms with Crippen LogP contribution in [0.15, 0.2) is 0 Å². The fraction of sp³-hybridized carbons (Fsp3) is 0.875. The molecule has 0 spiro atoms. The van der Waals surface area contributed by atoms with Gasteiger partial charge in [0.2, 0.25) is 0 Å². The Morgan fingerprint density at radius 2 is 1.27 bits per heavy atom. The van der Waals surface area contributed by atoms with E-state index < -0.39 is 5.97 Å². The van der Waals surface area contributed by atoms with Crippen molar-refractivity contribution in [3.8, 4) is 0 Å². The molecule has 0 aliphatic carbocycles. The van der Waals surface area contributed by atoms with Gasteiger partial charge in [-0.25, -0.2) is 0 Å². The second-order valence-corrected chi connectivity index (χ2v) is 2.61. The molecule has 0 heterocycles. The zero-order valence-corrected chi connectivity index (χ0v) is 8.67. The summed E-state index contributed by atoms with van der Waals surface area (Å²) in [6.45, 7) is 1.48. The van der Waals surface area contributed by atoms with Gasteiger partial charge >= 0.3 is 5.97 Å². The molecule has 0 saturated heterocycles. The van der Waals surface area contributed by atoms with Crippen molar-refractivity contribution in [2.24, 2.45) is 5.73 Å². The SMILES string of the molecule is NCC(=O)O.OCCN(CCO)CCO. The zero-order chi connectivity index (χ0) is 12.1. The van der Waals surface area contributed by atoms with Crippen LogP contribution in [0.4, 0.5) is 0 Å². The maximum atomic E-state index is 9.24. The summed E-state index contributed by atoms with van der Waals surface area (Å²) in [7, 11) is 0. The monoisotopic (exact) mass is 224 g/mol. The van der Waals surface area contributed by atoms with E-state index in [9.17, 15) is 4.79 Å². The molecule has 0 atom stereocenters. The largest absolute Gasteiger partial charge is 0.480 e. The average molecular weight is 224 g/mol. The number of carboxylic acids is 1. The Morgan fingerprint density at radius 1 is 1.00 bits per heavy atom. The summed E-state index contributed by atoms with van der Waals surface area (Å²) in [6.07, 6.45) is 0. The Bertz CT molecular complexity index is 131. The van der Waals surface area contributed by atoms with E-state index in [0.717, 1.165) is 0 Å². The number of hydrogen-bond donors (Lipinski definition) is 5. The predicted octanol–water partition coefficient (Wildman–Crippen LogP) is -2.70. The number of aliphatic hydroxyl groups is 3. The molecule has 0 saturated carbocycles. The molecule has 0 aliphatic heterocycles. The van der Waals surface area contributed by atoms with Gasteiger partial charge in [0.25, 0.3) is 0 Å². The fourth-order valence-electron chi connectivity index (χ4n) is 0.760. The minimum Gasteiger partial charge on any atom is -0.480 e. The first kappa shape index (κ1) is 16.7. The first-order valence-corrected chi connectivity index (χ1v) is 4.59. The van der Waals surface area contributed by atoms with E-state index >= 15 is 0 Å². The van der Waals surface area contributed by atoms with Gasteiger partial charge in [0.1, 0.15) is 0 Å². The van der Waals surface area contributed by atoms with Gasteiger partial charge in [-0.3, -0.25) is 9.69 Å². The predicted molar refractivity (Wildman–Crippen MR) is 54.4 cm³/mol. The van der Waals surface area contributed by atoms with E-state index in [0.29, 0.717) is 19.6 Å². The number of hydrogen-bond acceptors (Lipinski definition) is 6. The molecule has 15 heavy (non-hydrogen) atoms. The van der Waals surface area contributed by atoms with Crippen molar-refractivity contribution < 1.29 is 25.2 Å². The Labute approximate surface area is 88.7 Å². The van der Waals surface area contributed by atoms with E-state index in [1.165, 1.54) is 0 Å². The fourth-order valence-corrected chi connectivity index (χ4v) is 0.760. The zero-order valence-electron chi connectivity index (χ0n) is 8.67. The summed E-state index contributed by atoms with van der Waals surface area (Å²) in [5.74, 6) is -0.968. The van der Waals surface area contributed by atoms with Crippen molar-refractivity contribution >= 4 is 5.97 Å². The molecule has 6 N–H and O–H groups in total. The van der Waals surface area contributed by atoms with Gasteiger partial charge in [-0.15, -0.1) is 0 Å². The highest BCUT2D eigenvalue weighted by atomic mass is 16.4. The van der Waals surface area contributed by atoms with Crippen LogP contribution in [0.25, 0.3) is 0 Å². The summed E-state index contributed by atoms with van der Waals surface area (Å²) < 4.78 is 0. The van der Waals surface area contributed by atoms with Crippen molar-refractivity contribution in [2.45, 2.75) is 0 Å². The normalized spacial score (nSPS) is 9.67. The minimum absolute atomic E-state index is 0.0694. The highest BCUT2D eigenvalue weighted by Gasteiger charge is 2.00. The molecule has 0 rings (SSSR count). The molecule has 0 aromatic carbocycles. The first-order valence-electron chi connectivity index (χ1n) is 4.59. The van der Waals surface area contributed by atoms with Gasteiger partial charge in [0.15, 0.2) is 0 Å². The third-order valence-corrected chi connectivity index (χ3v) is 1.42. The van der Waals surface area contributed by atoms with Gasteiger partial charge in [0.05, 0.1) is 26.4 Å². The number of aliphatic carboxylic acids is 1. The Balaban J connectivity index is 0. The van der Waals surface area contributed by atoms with Gasteiger partial charge in [-0.2, -0.15) is 0 Å². The molecule has 92 valence electrons. The van der Waals surface area contributed by atoms with Crippen LogP contribution >= 0.6 is 0 Å². The van der Waals surface area contributed by atoms with Crippen LogP contribution in [0.1, 0.15) is 0 Å². The van der Waals surface area contributed by atoms with Crippen LogP contribution in [0.3, 0.4) is 0 Å². The van der Waals surface area contributed by atoms with E-state index in [1.54, 1.807) is 4.90 Å². The number of nitrogens with zero attached hydrogens (tertiary/aromatic N) is 1. The van der Waals surface area contributed by atoms with Gasteiger partial charge < -0.3 is 26.2 Å². The van der Waals surface area contributed by atoms with Crippen LogP contribution < -0.4 is 5.73 Å².